The molecular weight excluding hydrogens is 2130 g/mol. The summed E-state index contributed by atoms with van der Waals surface area (Å²) in [5, 5.41) is 317. The van der Waals surface area contributed by atoms with Gasteiger partial charge in [0.05, 0.1) is 126 Å². The number of azide groups is 2. The number of nitrogens with zero attached hydrogens (tertiary/aromatic N) is 6. The Labute approximate surface area is 823 Å². The Hall–Kier alpha value is -2.37. The number of rotatable bonds is 50. The maximum atomic E-state index is 12.0. The fourth-order valence-electron chi connectivity index (χ4n) is 14.7. The summed E-state index contributed by atoms with van der Waals surface area (Å²) in [6.07, 6.45) is -77.7. The Kier molecular flexibility index (Phi) is 63.4. The van der Waals surface area contributed by atoms with Gasteiger partial charge in [-0.25, -0.2) is 0 Å². The fraction of sp³-hybridized carbons (Fsp3) is 0.987. The van der Waals surface area contributed by atoms with E-state index in [0.717, 1.165) is 6.42 Å². The topological polar surface area (TPSA) is 934 Å². The number of halogens is 2. The monoisotopic (exact) mass is 2270 g/mol. The molecule has 0 radical (unpaired) electrons. The largest absolute Gasteiger partial charge is 0.394 e. The number of carbonyl (C=O) groups excluding carboxylic acids is 1. The highest BCUT2D eigenvalue weighted by Crippen LogP contribution is 2.39. The van der Waals surface area contributed by atoms with Crippen LogP contribution in [-0.2, 0) is 114 Å². The van der Waals surface area contributed by atoms with E-state index in [2.05, 4.69) is 65.2 Å². The molecule has 60 nitrogen and oxygen atoms in total. The van der Waals surface area contributed by atoms with Gasteiger partial charge in [0.1, 0.15) is 226 Å². The molecule has 0 amide bonds. The van der Waals surface area contributed by atoms with Gasteiger partial charge in [0.2, 0.25) is 0 Å². The van der Waals surface area contributed by atoms with E-state index in [0.29, 0.717) is 26.2 Å². The molecule has 30 N–H and O–H groups in total. The molecular formula is C77H142I2N6O54. The number of alkyl halides is 2. The molecule has 0 aromatic rings. The van der Waals surface area contributed by atoms with E-state index in [9.17, 15) is 153 Å². The highest BCUT2D eigenvalue weighted by atomic mass is 127. The number of ketones is 1. The number of carbonyl (C=O) groups is 1. The van der Waals surface area contributed by atoms with E-state index in [1.807, 2.05) is 16.8 Å². The van der Waals surface area contributed by atoms with Crippen LogP contribution < -0.4 is 0 Å². The highest BCUT2D eigenvalue weighted by Gasteiger charge is 2.60. The Morgan fingerprint density at radius 1 is 0.266 bits per heavy atom. The van der Waals surface area contributed by atoms with Crippen LogP contribution >= 0.6 is 45.2 Å². The van der Waals surface area contributed by atoms with Crippen molar-refractivity contribution in [2.45, 2.75) is 310 Å². The van der Waals surface area contributed by atoms with E-state index in [1.165, 1.54) is 0 Å². The molecule has 45 atom stereocenters. The molecule has 818 valence electrons. The van der Waals surface area contributed by atoms with Gasteiger partial charge in [0.15, 0.2) is 62.4 Å². The zero-order valence-corrected chi connectivity index (χ0v) is 79.5. The summed E-state index contributed by atoms with van der Waals surface area (Å²) in [7, 11) is 0. The lowest BCUT2D eigenvalue weighted by atomic mass is 9.95. The van der Waals surface area contributed by atoms with Crippen molar-refractivity contribution in [2.75, 3.05) is 168 Å². The van der Waals surface area contributed by atoms with Gasteiger partial charge in [-0.1, -0.05) is 69.8 Å². The SMILES string of the molecule is C.CCCOCCOCC(=O)CCCOCCO[C@H]1OC(CO)[C@@H](O)[C@H](O[C@H]2OC(CO)[C@@H](O)[C@H](O)C2O[C@H]2OC(CO)[C@@H](O)[C@H](O)C2O[C@H]2OC(CO)[C@@H](O)[C@H](O)C2O)C1O.CI.CI.[N-]=[N+]=NCCOCCO[C@H]1OC(CO)[C@@H](O)[C@H](O)C1O.[N-]=[N+]=NCCOCCO[C@H]1OC(CO)[C@@H](O)[C@H](O[C@H]2OC(CO)[C@@H](O)[C@H](O)C2O[C@H]2OC(CO)[C@@H](O)[C@H](O)C2O[C@H]2OC(CO)[C@@H](O)[C@H](O)C2O)C1O. The molecule has 9 aliphatic heterocycles. The second-order valence-electron chi connectivity index (χ2n) is 31.6. The molecule has 9 heterocycles. The van der Waals surface area contributed by atoms with E-state index >= 15 is 0 Å². The summed E-state index contributed by atoms with van der Waals surface area (Å²) >= 11 is 4.30. The number of Topliss-reactive ketones (excluding diaryl/α,β-unsaturated/α-hetero) is 1. The Morgan fingerprint density at radius 2 is 0.489 bits per heavy atom. The minimum atomic E-state index is -2.05. The van der Waals surface area contributed by atoms with Gasteiger partial charge in [-0.3, -0.25) is 4.79 Å². The molecule has 9 fully saturated rings. The van der Waals surface area contributed by atoms with Crippen LogP contribution in [0.2, 0.25) is 0 Å². The fourth-order valence-corrected chi connectivity index (χ4v) is 14.7. The van der Waals surface area contributed by atoms with E-state index in [-0.39, 0.29) is 98.8 Å². The van der Waals surface area contributed by atoms with Crippen molar-refractivity contribution in [1.82, 2.24) is 0 Å². The van der Waals surface area contributed by atoms with Crippen LogP contribution in [0, 0.1) is 0 Å². The molecule has 0 saturated carbocycles. The van der Waals surface area contributed by atoms with Crippen molar-refractivity contribution in [3.63, 3.8) is 0 Å². The molecule has 62 heteroatoms. The second-order valence-corrected chi connectivity index (χ2v) is 31.6. The minimum Gasteiger partial charge on any atom is -0.394 e. The van der Waals surface area contributed by atoms with Crippen molar-refractivity contribution in [3.8, 4) is 0 Å². The third-order valence-corrected chi connectivity index (χ3v) is 22.3. The van der Waals surface area contributed by atoms with Crippen molar-refractivity contribution in [2.24, 2.45) is 10.2 Å². The van der Waals surface area contributed by atoms with Crippen LogP contribution in [0.25, 0.3) is 20.9 Å². The molecule has 139 heavy (non-hydrogen) atoms. The molecule has 9 rings (SSSR count). The van der Waals surface area contributed by atoms with E-state index in [4.69, 9.17) is 125 Å². The molecule has 0 spiro atoms. The van der Waals surface area contributed by atoms with Crippen molar-refractivity contribution in [1.29, 1.82) is 0 Å². The van der Waals surface area contributed by atoms with Crippen molar-refractivity contribution < 1.29 is 267 Å². The van der Waals surface area contributed by atoms with Gasteiger partial charge in [0, 0.05) is 42.5 Å². The number of hydrogen-bond donors (Lipinski definition) is 30. The lowest BCUT2D eigenvalue weighted by Gasteiger charge is -2.49. The number of aliphatic hydroxyl groups excluding tert-OH is 30. The van der Waals surface area contributed by atoms with Crippen LogP contribution in [0.15, 0.2) is 10.2 Å². The summed E-state index contributed by atoms with van der Waals surface area (Å²) in [5.41, 5.74) is 16.4. The van der Waals surface area contributed by atoms with Gasteiger partial charge in [-0.15, -0.1) is 0 Å². The maximum absolute atomic E-state index is 12.0. The summed E-state index contributed by atoms with van der Waals surface area (Å²) in [6.45, 7) is -3.71. The van der Waals surface area contributed by atoms with Crippen LogP contribution in [-0.4, -0.2) is 604 Å². The average molecular weight is 2270 g/mol. The lowest BCUT2D eigenvalue weighted by Crippen LogP contribution is -2.68. The smallest absolute Gasteiger partial charge is 0.187 e. The third kappa shape index (κ3) is 37.1. The third-order valence-electron chi connectivity index (χ3n) is 22.3. The maximum Gasteiger partial charge on any atom is 0.187 e. The summed E-state index contributed by atoms with van der Waals surface area (Å²) < 4.78 is 127. The standard InChI is InChI=1S/C36H64O25.C28H49N3O22.C10H19N3O7.2CH3I.CH4/c1-2-5-51-7-8-53-15-16(41)4-3-6-52-9-10-54-33-29(50)30(24(45)20(14-40)55-33)59-35-32(27(48)23(44)18(12-38)57-35)61-36-31(26(47)22(43)19(13-39)58-36)60-34-28(49)25(46)21(42)17(11-37)56-34;29-31-30-1-2-45-3-4-46-25-21(44)22(16(39)12(8-35)47-25)51-27-24(19(42)15(38)10(6-33)49-27)53-28-23(18(41)14(37)11(7-34)50-28)52-26-20(43)17(40)13(36)9(5-32)48-26;11-13-12-1-2-18-3-4-19-10-9(17)8(16)7(15)6(5-14)20-10;2*1-2;/h17-40,42-50H,2-15H2,1H3;9-28,32-44H,1-8H2;6-10,14-17H,1-5H2;2*1H3;1H4/t17?,18?,19?,20?,21-,22-,23-,24-,25+,26+,27+,28?,29?,30+,31?,32?,33+,34-,35-,36-;9?,10?,11?,12?,13-,14-,15-,16-,17+,18+,19+,20?,21?,22+,23?,24?,25+,26-,27-,28-;6?,7-,8+,9?,10+;;;/m111.../s1. The van der Waals surface area contributed by atoms with Gasteiger partial charge >= 0.3 is 0 Å². The molecule has 0 bridgehead atoms. The first-order valence-electron chi connectivity index (χ1n) is 43.8. The molecule has 0 aromatic heterocycles. The lowest BCUT2D eigenvalue weighted by molar-refractivity contribution is -0.403. The molecule has 9 saturated heterocycles. The molecule has 9 aliphatic rings. The summed E-state index contributed by atoms with van der Waals surface area (Å²) in [4.78, 5) is 21.1. The molecule has 0 aromatic carbocycles. The number of ether oxygens (including phenoxy) is 23. The van der Waals surface area contributed by atoms with Crippen molar-refractivity contribution >= 4 is 51.0 Å². The number of hydrogen-bond acceptors (Lipinski definition) is 56. The highest BCUT2D eigenvalue weighted by molar-refractivity contribution is 14.1. The predicted octanol–water partition coefficient (Wildman–Crippen LogP) is -15.4. The van der Waals surface area contributed by atoms with Crippen molar-refractivity contribution in [3.05, 3.63) is 20.9 Å². The summed E-state index contributed by atoms with van der Waals surface area (Å²) in [5.74, 6) is -0.117. The second kappa shape index (κ2) is 68.4. The van der Waals surface area contributed by atoms with E-state index in [1.54, 1.807) is 0 Å². The normalized spacial score (nSPS) is 41.2. The zero-order valence-electron chi connectivity index (χ0n) is 75.2. The quantitative estimate of drug-likeness (QED) is 0.00671. The molecule has 18 unspecified atom stereocenters. The first-order valence-corrected chi connectivity index (χ1v) is 48.1. The van der Waals surface area contributed by atoms with Gasteiger partial charge < -0.3 is 262 Å². The van der Waals surface area contributed by atoms with Crippen LogP contribution in [0.3, 0.4) is 0 Å². The Morgan fingerprint density at radius 3 is 0.777 bits per heavy atom. The first-order chi connectivity index (χ1) is 66.1. The summed E-state index contributed by atoms with van der Waals surface area (Å²) in [6, 6.07) is 0. The van der Waals surface area contributed by atoms with Gasteiger partial charge in [0.25, 0.3) is 0 Å². The number of aliphatic hydroxyl groups is 30. The Balaban J connectivity index is 0.000000470. The average Bonchev–Trinajstić information content (AvgIpc) is 0.769. The van der Waals surface area contributed by atoms with E-state index < -0.39 is 336 Å². The van der Waals surface area contributed by atoms with Gasteiger partial charge in [-0.05, 0) is 33.8 Å². The van der Waals surface area contributed by atoms with Gasteiger partial charge in [-0.2, -0.15) is 0 Å². The Bertz CT molecular complexity index is 3330. The minimum absolute atomic E-state index is 0. The zero-order chi connectivity index (χ0) is 103. The first kappa shape index (κ1) is 129. The van der Waals surface area contributed by atoms with Crippen LogP contribution in [0.1, 0.15) is 33.6 Å². The molecule has 0 aliphatic carbocycles. The predicted molar refractivity (Wildman–Crippen MR) is 468 cm³/mol. The van der Waals surface area contributed by atoms with Crippen LogP contribution in [0.5, 0.6) is 0 Å². The van der Waals surface area contributed by atoms with Crippen LogP contribution in [0.4, 0.5) is 0 Å².